The van der Waals surface area contributed by atoms with E-state index in [1.807, 2.05) is 6.92 Å². The van der Waals surface area contributed by atoms with Gasteiger partial charge in [-0.1, -0.05) is 13.2 Å². The summed E-state index contributed by atoms with van der Waals surface area (Å²) in [5.74, 6) is -0.264. The summed E-state index contributed by atoms with van der Waals surface area (Å²) in [4.78, 5) is 25.4. The van der Waals surface area contributed by atoms with Crippen molar-refractivity contribution in [3.8, 4) is 0 Å². The molecule has 0 aliphatic heterocycles. The van der Waals surface area contributed by atoms with Crippen molar-refractivity contribution in [1.82, 2.24) is 9.80 Å². The summed E-state index contributed by atoms with van der Waals surface area (Å²) in [5.41, 5.74) is 0. The van der Waals surface area contributed by atoms with Crippen LogP contribution < -0.4 is 0 Å². The van der Waals surface area contributed by atoms with Gasteiger partial charge in [0.2, 0.25) is 11.8 Å². The molecule has 1 unspecified atom stereocenters. The summed E-state index contributed by atoms with van der Waals surface area (Å²) < 4.78 is 10.9. The lowest BCUT2D eigenvalue weighted by molar-refractivity contribution is -0.143. The highest BCUT2D eigenvalue weighted by atomic mass is 16.5. The van der Waals surface area contributed by atoms with E-state index in [0.29, 0.717) is 19.8 Å². The Kier molecular flexibility index (Phi) is 9.32. The molecule has 0 spiro atoms. The van der Waals surface area contributed by atoms with Gasteiger partial charge >= 0.3 is 0 Å². The van der Waals surface area contributed by atoms with Crippen LogP contribution in [0.1, 0.15) is 20.8 Å². The average molecular weight is 284 g/mol. The van der Waals surface area contributed by atoms with E-state index in [2.05, 4.69) is 13.2 Å². The van der Waals surface area contributed by atoms with Crippen LogP contribution in [-0.2, 0) is 19.1 Å². The number of amides is 2. The second-order valence-electron chi connectivity index (χ2n) is 3.99. The predicted molar refractivity (Wildman–Crippen MR) is 76.5 cm³/mol. The van der Waals surface area contributed by atoms with Gasteiger partial charge in [-0.25, -0.2) is 0 Å². The summed E-state index contributed by atoms with van der Waals surface area (Å²) >= 11 is 0. The van der Waals surface area contributed by atoms with Gasteiger partial charge in [-0.15, -0.1) is 0 Å². The number of rotatable bonds is 10. The third-order valence-electron chi connectivity index (χ3n) is 2.59. The monoisotopic (exact) mass is 284 g/mol. The molecule has 0 aromatic heterocycles. The molecule has 0 saturated heterocycles. The lowest BCUT2D eigenvalue weighted by Crippen LogP contribution is -2.40. The van der Waals surface area contributed by atoms with Crippen molar-refractivity contribution in [2.75, 3.05) is 26.4 Å². The Labute approximate surface area is 120 Å². The SMILES string of the molecule is C=CN(CCOCC(OCC)N(C=C)C(C)=O)C(C)=O. The van der Waals surface area contributed by atoms with Crippen LogP contribution in [0.3, 0.4) is 0 Å². The first-order valence-electron chi connectivity index (χ1n) is 6.48. The third-order valence-corrected chi connectivity index (χ3v) is 2.59. The molecule has 6 nitrogen and oxygen atoms in total. The Bertz CT molecular complexity index is 344. The van der Waals surface area contributed by atoms with Crippen LogP contribution in [0.2, 0.25) is 0 Å². The van der Waals surface area contributed by atoms with E-state index in [-0.39, 0.29) is 18.4 Å². The van der Waals surface area contributed by atoms with E-state index >= 15 is 0 Å². The van der Waals surface area contributed by atoms with Crippen molar-refractivity contribution in [3.63, 3.8) is 0 Å². The number of hydrogen-bond acceptors (Lipinski definition) is 4. The standard InChI is InChI=1S/C14H24N2O4/c1-6-15(12(4)17)9-10-19-11-14(20-8-3)16(7-2)13(5)18/h6-7,14H,1-2,8-11H2,3-5H3. The summed E-state index contributed by atoms with van der Waals surface area (Å²) in [5, 5.41) is 0. The smallest absolute Gasteiger partial charge is 0.225 e. The number of carbonyl (C=O) groups is 2. The molecule has 0 aromatic rings. The molecule has 114 valence electrons. The first kappa shape index (κ1) is 18.3. The Morgan fingerprint density at radius 1 is 1.20 bits per heavy atom. The number of nitrogens with zero attached hydrogens (tertiary/aromatic N) is 2. The maximum Gasteiger partial charge on any atom is 0.225 e. The minimum atomic E-state index is -0.510. The van der Waals surface area contributed by atoms with Crippen LogP contribution in [0.15, 0.2) is 25.6 Å². The molecule has 0 heterocycles. The predicted octanol–water partition coefficient (Wildman–Crippen LogP) is 1.35. The van der Waals surface area contributed by atoms with E-state index in [0.717, 1.165) is 0 Å². The molecule has 0 rings (SSSR count). The van der Waals surface area contributed by atoms with E-state index in [1.54, 1.807) is 0 Å². The highest BCUT2D eigenvalue weighted by Gasteiger charge is 2.19. The van der Waals surface area contributed by atoms with E-state index in [4.69, 9.17) is 9.47 Å². The molecule has 0 fully saturated rings. The van der Waals surface area contributed by atoms with Crippen LogP contribution in [0.4, 0.5) is 0 Å². The molecule has 20 heavy (non-hydrogen) atoms. The molecule has 0 N–H and O–H groups in total. The summed E-state index contributed by atoms with van der Waals surface area (Å²) in [6.45, 7) is 13.3. The van der Waals surface area contributed by atoms with Gasteiger partial charge in [0.15, 0.2) is 6.23 Å². The Morgan fingerprint density at radius 2 is 1.85 bits per heavy atom. The van der Waals surface area contributed by atoms with Gasteiger partial charge in [0.1, 0.15) is 0 Å². The van der Waals surface area contributed by atoms with Gasteiger partial charge in [0.05, 0.1) is 13.2 Å². The fourth-order valence-corrected chi connectivity index (χ4v) is 1.57. The topological polar surface area (TPSA) is 59.1 Å². The molecule has 6 heteroatoms. The van der Waals surface area contributed by atoms with Crippen LogP contribution in [0, 0.1) is 0 Å². The minimum Gasteiger partial charge on any atom is -0.375 e. The fraction of sp³-hybridized carbons (Fsp3) is 0.571. The Hall–Kier alpha value is -1.66. The first-order valence-corrected chi connectivity index (χ1v) is 6.48. The molecule has 0 aromatic carbocycles. The molecular weight excluding hydrogens is 260 g/mol. The normalized spacial score (nSPS) is 11.6. The quantitative estimate of drug-likeness (QED) is 0.449. The van der Waals surface area contributed by atoms with Crippen molar-refractivity contribution in [2.45, 2.75) is 27.0 Å². The zero-order chi connectivity index (χ0) is 15.5. The number of ether oxygens (including phenoxy) is 2. The van der Waals surface area contributed by atoms with Gasteiger partial charge in [0, 0.05) is 33.2 Å². The molecule has 2 amide bonds. The van der Waals surface area contributed by atoms with Crippen molar-refractivity contribution in [1.29, 1.82) is 0 Å². The lowest BCUT2D eigenvalue weighted by Gasteiger charge is -2.27. The summed E-state index contributed by atoms with van der Waals surface area (Å²) in [7, 11) is 0. The van der Waals surface area contributed by atoms with Crippen LogP contribution in [-0.4, -0.2) is 54.2 Å². The largest absolute Gasteiger partial charge is 0.375 e. The molecule has 0 aliphatic rings. The molecule has 0 aliphatic carbocycles. The van der Waals surface area contributed by atoms with Gasteiger partial charge in [-0.3, -0.25) is 14.5 Å². The second kappa shape index (κ2) is 10.2. The summed E-state index contributed by atoms with van der Waals surface area (Å²) in [6, 6.07) is 0. The van der Waals surface area contributed by atoms with Crippen LogP contribution in [0.25, 0.3) is 0 Å². The van der Waals surface area contributed by atoms with Crippen molar-refractivity contribution in [2.24, 2.45) is 0 Å². The third kappa shape index (κ3) is 6.49. The zero-order valence-corrected chi connectivity index (χ0v) is 12.5. The first-order chi connectivity index (χ1) is 9.47. The maximum atomic E-state index is 11.4. The molecule has 1 atom stereocenters. The van der Waals surface area contributed by atoms with Gasteiger partial charge < -0.3 is 14.4 Å². The summed E-state index contributed by atoms with van der Waals surface area (Å²) in [6.07, 6.45) is 2.36. The van der Waals surface area contributed by atoms with Gasteiger partial charge in [-0.05, 0) is 13.1 Å². The molecule has 0 radical (unpaired) electrons. The van der Waals surface area contributed by atoms with Gasteiger partial charge in [0.25, 0.3) is 0 Å². The Balaban J connectivity index is 4.28. The lowest BCUT2D eigenvalue weighted by atomic mass is 10.4. The Morgan fingerprint density at radius 3 is 2.25 bits per heavy atom. The minimum absolute atomic E-state index is 0.0959. The van der Waals surface area contributed by atoms with E-state index in [1.165, 1.54) is 36.0 Å². The van der Waals surface area contributed by atoms with Crippen molar-refractivity contribution >= 4 is 11.8 Å². The van der Waals surface area contributed by atoms with E-state index in [9.17, 15) is 9.59 Å². The van der Waals surface area contributed by atoms with E-state index < -0.39 is 6.23 Å². The van der Waals surface area contributed by atoms with Crippen LogP contribution >= 0.6 is 0 Å². The van der Waals surface area contributed by atoms with Crippen molar-refractivity contribution in [3.05, 3.63) is 25.6 Å². The number of carbonyl (C=O) groups excluding carboxylic acids is 2. The molecule has 0 saturated carbocycles. The maximum absolute atomic E-state index is 11.4. The number of hydrogen-bond donors (Lipinski definition) is 0. The zero-order valence-electron chi connectivity index (χ0n) is 12.5. The molecule has 0 bridgehead atoms. The highest BCUT2D eigenvalue weighted by Crippen LogP contribution is 2.04. The van der Waals surface area contributed by atoms with Crippen LogP contribution in [0.5, 0.6) is 0 Å². The van der Waals surface area contributed by atoms with Crippen molar-refractivity contribution < 1.29 is 19.1 Å². The highest BCUT2D eigenvalue weighted by molar-refractivity contribution is 5.74. The molecular formula is C14H24N2O4. The fourth-order valence-electron chi connectivity index (χ4n) is 1.57. The average Bonchev–Trinajstić information content (AvgIpc) is 2.38. The second-order valence-corrected chi connectivity index (χ2v) is 3.99. The van der Waals surface area contributed by atoms with Gasteiger partial charge in [-0.2, -0.15) is 0 Å².